The maximum Gasteiger partial charge on any atom is 0.316 e. The Hall–Kier alpha value is -1.78. The molecule has 0 saturated heterocycles. The third kappa shape index (κ3) is 0.951. The van der Waals surface area contributed by atoms with Gasteiger partial charge < -0.3 is 15.2 Å². The van der Waals surface area contributed by atoms with Gasteiger partial charge in [-0.1, -0.05) is 0 Å². The molecule has 74 valence electrons. The molecule has 1 aromatic rings. The van der Waals surface area contributed by atoms with E-state index in [1.54, 1.807) is 18.3 Å². The summed E-state index contributed by atoms with van der Waals surface area (Å²) in [5.74, 6) is -2.94. The average molecular weight is 195 g/mol. The lowest BCUT2D eigenvalue weighted by Gasteiger charge is -2.08. The molecule has 1 aliphatic carbocycles. The van der Waals surface area contributed by atoms with Crippen LogP contribution in [0.2, 0.25) is 0 Å². The number of aromatic nitrogens is 1. The summed E-state index contributed by atoms with van der Waals surface area (Å²) in [6.45, 7) is 0. The predicted molar refractivity (Wildman–Crippen MR) is 45.8 cm³/mol. The molecule has 1 aromatic heterocycles. The lowest BCUT2D eigenvalue weighted by atomic mass is 10.00. The number of H-pyrrole nitrogens is 1. The van der Waals surface area contributed by atoms with Gasteiger partial charge in [-0.2, -0.15) is 0 Å². The van der Waals surface area contributed by atoms with Crippen LogP contribution < -0.4 is 0 Å². The van der Waals surface area contributed by atoms with Crippen molar-refractivity contribution in [2.24, 2.45) is 5.92 Å². The maximum absolute atomic E-state index is 11.0. The quantitative estimate of drug-likeness (QED) is 0.652. The minimum Gasteiger partial charge on any atom is -0.481 e. The van der Waals surface area contributed by atoms with Gasteiger partial charge in [0.25, 0.3) is 0 Å². The summed E-state index contributed by atoms with van der Waals surface area (Å²) in [4.78, 5) is 24.5. The fraction of sp³-hybridized carbons (Fsp3) is 0.333. The number of rotatable bonds is 3. The van der Waals surface area contributed by atoms with Crippen molar-refractivity contribution in [2.75, 3.05) is 0 Å². The van der Waals surface area contributed by atoms with Gasteiger partial charge in [0.15, 0.2) is 0 Å². The third-order valence-corrected chi connectivity index (χ3v) is 2.72. The zero-order chi connectivity index (χ0) is 10.3. The van der Waals surface area contributed by atoms with E-state index in [1.807, 2.05) is 0 Å². The standard InChI is InChI=1S/C9H9NO4/c11-7(12)5-4-9(5,8(13)14)6-2-1-3-10-6/h1-3,5,10H,4H2,(H,11,12)(H,13,14). The minimum absolute atomic E-state index is 0.165. The van der Waals surface area contributed by atoms with Crippen LogP contribution in [0.15, 0.2) is 18.3 Å². The molecule has 0 aromatic carbocycles. The zero-order valence-corrected chi connectivity index (χ0v) is 7.23. The highest BCUT2D eigenvalue weighted by atomic mass is 16.4. The van der Waals surface area contributed by atoms with Crippen molar-refractivity contribution in [2.45, 2.75) is 11.8 Å². The molecule has 1 heterocycles. The molecule has 2 unspecified atom stereocenters. The summed E-state index contributed by atoms with van der Waals surface area (Å²) in [6.07, 6.45) is 1.76. The number of aliphatic carboxylic acids is 2. The molecule has 0 bridgehead atoms. The Balaban J connectivity index is 2.37. The molecular formula is C9H9NO4. The third-order valence-electron chi connectivity index (χ3n) is 2.72. The Morgan fingerprint density at radius 1 is 1.50 bits per heavy atom. The van der Waals surface area contributed by atoms with Crippen molar-refractivity contribution in [3.05, 3.63) is 24.0 Å². The number of aromatic amines is 1. The fourth-order valence-corrected chi connectivity index (χ4v) is 1.82. The number of carboxylic acids is 2. The zero-order valence-electron chi connectivity index (χ0n) is 7.23. The topological polar surface area (TPSA) is 90.4 Å². The van der Waals surface area contributed by atoms with Crippen molar-refractivity contribution in [1.82, 2.24) is 4.98 Å². The second-order valence-corrected chi connectivity index (χ2v) is 3.46. The lowest BCUT2D eigenvalue weighted by molar-refractivity contribution is -0.146. The van der Waals surface area contributed by atoms with Crippen LogP contribution in [-0.2, 0) is 15.0 Å². The van der Waals surface area contributed by atoms with Crippen molar-refractivity contribution < 1.29 is 19.8 Å². The number of hydrogen-bond acceptors (Lipinski definition) is 2. The summed E-state index contributed by atoms with van der Waals surface area (Å²) >= 11 is 0. The van der Waals surface area contributed by atoms with Crippen LogP contribution in [0.4, 0.5) is 0 Å². The molecular weight excluding hydrogens is 186 g/mol. The molecule has 0 spiro atoms. The van der Waals surface area contributed by atoms with Gasteiger partial charge in [0.2, 0.25) is 0 Å². The van der Waals surface area contributed by atoms with E-state index >= 15 is 0 Å². The largest absolute Gasteiger partial charge is 0.481 e. The Labute approximate surface area is 79.4 Å². The highest BCUT2D eigenvalue weighted by molar-refractivity contribution is 5.94. The van der Waals surface area contributed by atoms with Crippen LogP contribution >= 0.6 is 0 Å². The highest BCUT2D eigenvalue weighted by Crippen LogP contribution is 2.54. The SMILES string of the molecule is O=C(O)C1CC1(C(=O)O)c1ccc[nH]1. The first kappa shape index (κ1) is 8.80. The normalized spacial score (nSPS) is 29.9. The van der Waals surface area contributed by atoms with Gasteiger partial charge >= 0.3 is 11.9 Å². The van der Waals surface area contributed by atoms with Crippen LogP contribution in [0.25, 0.3) is 0 Å². The van der Waals surface area contributed by atoms with Gasteiger partial charge in [-0.15, -0.1) is 0 Å². The fourth-order valence-electron chi connectivity index (χ4n) is 1.82. The van der Waals surface area contributed by atoms with Crippen molar-refractivity contribution in [1.29, 1.82) is 0 Å². The van der Waals surface area contributed by atoms with Gasteiger partial charge in [0, 0.05) is 11.9 Å². The van der Waals surface area contributed by atoms with Gasteiger partial charge in [0.05, 0.1) is 5.92 Å². The first-order valence-electron chi connectivity index (χ1n) is 4.19. The van der Waals surface area contributed by atoms with E-state index in [0.29, 0.717) is 5.69 Å². The highest BCUT2D eigenvalue weighted by Gasteiger charge is 2.66. The molecule has 0 radical (unpaired) electrons. The summed E-state index contributed by atoms with van der Waals surface area (Å²) in [5.41, 5.74) is -0.757. The second kappa shape index (κ2) is 2.60. The van der Waals surface area contributed by atoms with Gasteiger partial charge in [-0.05, 0) is 18.6 Å². The summed E-state index contributed by atoms with van der Waals surface area (Å²) < 4.78 is 0. The van der Waals surface area contributed by atoms with Crippen LogP contribution in [-0.4, -0.2) is 27.1 Å². The lowest BCUT2D eigenvalue weighted by Crippen LogP contribution is -2.25. The average Bonchev–Trinajstić information content (AvgIpc) is 2.66. The Kier molecular flexibility index (Phi) is 1.64. The molecule has 0 aliphatic heterocycles. The van der Waals surface area contributed by atoms with Crippen LogP contribution in [0.5, 0.6) is 0 Å². The van der Waals surface area contributed by atoms with E-state index in [4.69, 9.17) is 10.2 Å². The molecule has 1 fully saturated rings. The molecule has 1 saturated carbocycles. The van der Waals surface area contributed by atoms with Gasteiger partial charge in [-0.3, -0.25) is 9.59 Å². The van der Waals surface area contributed by atoms with Crippen molar-refractivity contribution in [3.8, 4) is 0 Å². The smallest absolute Gasteiger partial charge is 0.316 e. The monoisotopic (exact) mass is 195 g/mol. The Morgan fingerprint density at radius 2 is 2.21 bits per heavy atom. The predicted octanol–water partition coefficient (Wildman–Crippen LogP) is 0.442. The second-order valence-electron chi connectivity index (χ2n) is 3.46. The molecule has 14 heavy (non-hydrogen) atoms. The van der Waals surface area contributed by atoms with Crippen molar-refractivity contribution >= 4 is 11.9 Å². The molecule has 3 N–H and O–H groups in total. The van der Waals surface area contributed by atoms with E-state index in [-0.39, 0.29) is 6.42 Å². The Morgan fingerprint density at radius 3 is 2.57 bits per heavy atom. The van der Waals surface area contributed by atoms with Crippen LogP contribution in [0, 0.1) is 5.92 Å². The first-order valence-corrected chi connectivity index (χ1v) is 4.19. The van der Waals surface area contributed by atoms with Gasteiger partial charge in [0.1, 0.15) is 5.41 Å². The first-order chi connectivity index (χ1) is 6.59. The maximum atomic E-state index is 11.0. The molecule has 0 amide bonds. The van der Waals surface area contributed by atoms with E-state index in [2.05, 4.69) is 4.98 Å². The summed E-state index contributed by atoms with van der Waals surface area (Å²) in [7, 11) is 0. The van der Waals surface area contributed by atoms with Gasteiger partial charge in [-0.25, -0.2) is 0 Å². The number of carbonyl (C=O) groups is 2. The van der Waals surface area contributed by atoms with Crippen molar-refractivity contribution in [3.63, 3.8) is 0 Å². The van der Waals surface area contributed by atoms with E-state index in [0.717, 1.165) is 0 Å². The van der Waals surface area contributed by atoms with E-state index in [1.165, 1.54) is 0 Å². The number of hydrogen-bond donors (Lipinski definition) is 3. The molecule has 2 atom stereocenters. The van der Waals surface area contributed by atoms with Crippen LogP contribution in [0.3, 0.4) is 0 Å². The molecule has 5 heteroatoms. The Bertz CT molecular complexity index is 384. The van der Waals surface area contributed by atoms with E-state index in [9.17, 15) is 9.59 Å². The number of carboxylic acid groups (broad SMARTS) is 2. The van der Waals surface area contributed by atoms with E-state index < -0.39 is 23.3 Å². The van der Waals surface area contributed by atoms with Crippen LogP contribution in [0.1, 0.15) is 12.1 Å². The minimum atomic E-state index is -1.23. The molecule has 1 aliphatic rings. The molecule has 2 rings (SSSR count). The summed E-state index contributed by atoms with van der Waals surface area (Å²) in [5, 5.41) is 17.8. The summed E-state index contributed by atoms with van der Waals surface area (Å²) in [6, 6.07) is 3.27. The number of nitrogens with one attached hydrogen (secondary N) is 1. The molecule has 5 nitrogen and oxygen atoms in total.